The second-order valence-corrected chi connectivity index (χ2v) is 8.71. The molecule has 1 aliphatic heterocycles. The van der Waals surface area contributed by atoms with Crippen molar-refractivity contribution in [1.82, 2.24) is 5.32 Å². The number of imide groups is 1. The summed E-state index contributed by atoms with van der Waals surface area (Å²) in [5, 5.41) is 6.65. The Morgan fingerprint density at radius 2 is 1.71 bits per heavy atom. The van der Waals surface area contributed by atoms with Crippen LogP contribution in [0.1, 0.15) is 44.6 Å². The number of amides is 2. The van der Waals surface area contributed by atoms with Crippen LogP contribution in [0.4, 0.5) is 0 Å². The predicted molar refractivity (Wildman–Crippen MR) is 94.1 cm³/mol. The van der Waals surface area contributed by atoms with Crippen LogP contribution in [0.25, 0.3) is 5.57 Å². The van der Waals surface area contributed by atoms with Crippen molar-refractivity contribution in [2.24, 2.45) is 23.7 Å². The Morgan fingerprint density at radius 1 is 1.04 bits per heavy atom. The Morgan fingerprint density at radius 3 is 2.29 bits per heavy atom. The molecule has 2 heterocycles. The topological polar surface area (TPSA) is 46.2 Å². The Labute approximate surface area is 145 Å². The second-order valence-electron chi connectivity index (χ2n) is 7.93. The van der Waals surface area contributed by atoms with Crippen molar-refractivity contribution in [3.8, 4) is 0 Å². The van der Waals surface area contributed by atoms with Gasteiger partial charge in [0.1, 0.15) is 0 Å². The van der Waals surface area contributed by atoms with Gasteiger partial charge in [-0.25, -0.2) is 0 Å². The summed E-state index contributed by atoms with van der Waals surface area (Å²) in [6.07, 6.45) is 6.27. The van der Waals surface area contributed by atoms with Crippen molar-refractivity contribution < 1.29 is 9.59 Å². The molecule has 24 heavy (non-hydrogen) atoms. The van der Waals surface area contributed by atoms with Gasteiger partial charge in [-0.15, -0.1) is 0 Å². The van der Waals surface area contributed by atoms with Gasteiger partial charge in [0.25, 0.3) is 11.8 Å². The lowest BCUT2D eigenvalue weighted by Crippen LogP contribution is -2.41. The monoisotopic (exact) mass is 339 g/mol. The Hall–Kier alpha value is -1.68. The van der Waals surface area contributed by atoms with Gasteiger partial charge in [0.05, 0.1) is 11.1 Å². The minimum atomic E-state index is -0.208. The number of rotatable bonds is 1. The van der Waals surface area contributed by atoms with Gasteiger partial charge in [0.15, 0.2) is 0 Å². The average molecular weight is 339 g/mol. The van der Waals surface area contributed by atoms with E-state index in [0.29, 0.717) is 17.4 Å². The average Bonchev–Trinajstić information content (AvgIpc) is 3.15. The first-order valence-electron chi connectivity index (χ1n) is 8.95. The number of thiophene rings is 1. The van der Waals surface area contributed by atoms with Crippen molar-refractivity contribution in [3.63, 3.8) is 0 Å². The summed E-state index contributed by atoms with van der Waals surface area (Å²) < 4.78 is 0. The van der Waals surface area contributed by atoms with E-state index in [0.717, 1.165) is 28.5 Å². The van der Waals surface area contributed by atoms with Gasteiger partial charge >= 0.3 is 0 Å². The lowest BCUT2D eigenvalue weighted by atomic mass is 9.53. The van der Waals surface area contributed by atoms with E-state index in [2.05, 4.69) is 10.7 Å². The molecule has 5 aliphatic rings. The number of hydrogen-bond donors (Lipinski definition) is 1. The molecule has 0 atom stereocenters. The molecule has 1 aromatic heterocycles. The summed E-state index contributed by atoms with van der Waals surface area (Å²) in [5.74, 6) is 2.38. The molecule has 1 N–H and O–H groups in total. The first kappa shape index (κ1) is 14.6. The van der Waals surface area contributed by atoms with E-state index in [4.69, 9.17) is 0 Å². The molecule has 5 fully saturated rings. The molecule has 1 saturated heterocycles. The summed E-state index contributed by atoms with van der Waals surface area (Å²) in [7, 11) is 0. The zero-order valence-electron chi connectivity index (χ0n) is 13.8. The number of nitrogens with one attached hydrogen (secondary N) is 1. The van der Waals surface area contributed by atoms with Crippen molar-refractivity contribution in [3.05, 3.63) is 39.1 Å². The van der Waals surface area contributed by atoms with Gasteiger partial charge < -0.3 is 0 Å². The Balaban J connectivity index is 1.69. The third-order valence-corrected chi connectivity index (χ3v) is 7.25. The third-order valence-electron chi connectivity index (χ3n) is 6.57. The zero-order chi connectivity index (χ0) is 16.4. The lowest BCUT2D eigenvalue weighted by Gasteiger charge is -2.52. The van der Waals surface area contributed by atoms with Gasteiger partial charge in [-0.1, -0.05) is 5.57 Å². The van der Waals surface area contributed by atoms with E-state index < -0.39 is 0 Å². The summed E-state index contributed by atoms with van der Waals surface area (Å²) in [5.41, 5.74) is 4.69. The summed E-state index contributed by atoms with van der Waals surface area (Å²) in [4.78, 5) is 25.2. The smallest absolute Gasteiger partial charge is 0.259 e. The molecule has 1 aromatic rings. The second kappa shape index (κ2) is 5.16. The highest BCUT2D eigenvalue weighted by atomic mass is 32.1. The molecule has 4 bridgehead atoms. The van der Waals surface area contributed by atoms with Crippen LogP contribution >= 0.6 is 11.3 Å². The summed E-state index contributed by atoms with van der Waals surface area (Å²) in [6, 6.07) is 2.03. The highest BCUT2D eigenvalue weighted by Crippen LogP contribution is 2.58. The number of carbonyl (C=O) groups excluding carboxylic acids is 2. The van der Waals surface area contributed by atoms with E-state index in [1.165, 1.54) is 37.7 Å². The van der Waals surface area contributed by atoms with Crippen LogP contribution in [0.15, 0.2) is 33.5 Å². The van der Waals surface area contributed by atoms with E-state index in [9.17, 15) is 9.59 Å². The number of carbonyl (C=O) groups is 2. The molecule has 2 amide bonds. The SMILES string of the molecule is CC(=C1C(=O)NC(=O)C1=C1C2CC3CC(C2)CC1C3)c1ccsc1. The maximum Gasteiger partial charge on any atom is 0.259 e. The first-order chi connectivity index (χ1) is 11.6. The lowest BCUT2D eigenvalue weighted by molar-refractivity contribution is -0.123. The quantitative estimate of drug-likeness (QED) is 0.622. The Bertz CT molecular complexity index is 770. The number of hydrogen-bond acceptors (Lipinski definition) is 3. The standard InChI is InChI=1S/C20H21NO2S/c1-10(13-2-3-24-9-13)16-18(20(23)21-19(16)22)17-14-5-11-4-12(7-14)8-15(17)6-11/h2-3,9,11-12,14-15H,4-8H2,1H3,(H,21,22,23). The van der Waals surface area contributed by atoms with Gasteiger partial charge in [-0.3, -0.25) is 14.9 Å². The Kier molecular flexibility index (Phi) is 3.15. The van der Waals surface area contributed by atoms with Crippen LogP contribution < -0.4 is 5.32 Å². The van der Waals surface area contributed by atoms with Crippen LogP contribution in [0.2, 0.25) is 0 Å². The fourth-order valence-electron chi connectivity index (χ4n) is 5.81. The molecule has 0 aromatic carbocycles. The van der Waals surface area contributed by atoms with Gasteiger partial charge in [-0.2, -0.15) is 11.3 Å². The van der Waals surface area contributed by atoms with Crippen LogP contribution in [-0.4, -0.2) is 11.8 Å². The molecule has 3 nitrogen and oxygen atoms in total. The minimum absolute atomic E-state index is 0.160. The molecule has 124 valence electrons. The van der Waals surface area contributed by atoms with Crippen molar-refractivity contribution in [2.75, 3.05) is 0 Å². The largest absolute Gasteiger partial charge is 0.288 e. The molecule has 4 heteroatoms. The van der Waals surface area contributed by atoms with Crippen molar-refractivity contribution >= 4 is 28.7 Å². The third kappa shape index (κ3) is 2.02. The van der Waals surface area contributed by atoms with Crippen LogP contribution in [0.5, 0.6) is 0 Å². The zero-order valence-corrected chi connectivity index (χ0v) is 14.6. The fraction of sp³-hybridized carbons (Fsp3) is 0.500. The van der Waals surface area contributed by atoms with E-state index in [1.807, 2.05) is 18.4 Å². The maximum absolute atomic E-state index is 12.7. The van der Waals surface area contributed by atoms with Gasteiger partial charge in [0, 0.05) is 0 Å². The normalized spacial score (nSPS) is 36.5. The molecule has 0 unspecified atom stereocenters. The fourth-order valence-corrected chi connectivity index (χ4v) is 6.52. The molecule has 4 saturated carbocycles. The van der Waals surface area contributed by atoms with E-state index in [1.54, 1.807) is 11.3 Å². The summed E-state index contributed by atoms with van der Waals surface area (Å²) >= 11 is 1.62. The van der Waals surface area contributed by atoms with E-state index >= 15 is 0 Å². The first-order valence-corrected chi connectivity index (χ1v) is 9.89. The van der Waals surface area contributed by atoms with Crippen LogP contribution in [-0.2, 0) is 9.59 Å². The molecular weight excluding hydrogens is 318 g/mol. The van der Waals surface area contributed by atoms with Crippen molar-refractivity contribution in [1.29, 1.82) is 0 Å². The van der Waals surface area contributed by atoms with Gasteiger partial charge in [-0.05, 0) is 90.7 Å². The maximum atomic E-state index is 12.7. The molecular formula is C20H21NO2S. The molecule has 0 radical (unpaired) electrons. The highest BCUT2D eigenvalue weighted by Gasteiger charge is 2.49. The minimum Gasteiger partial charge on any atom is -0.288 e. The van der Waals surface area contributed by atoms with Crippen LogP contribution in [0.3, 0.4) is 0 Å². The number of allylic oxidation sites excluding steroid dienone is 2. The van der Waals surface area contributed by atoms with E-state index in [-0.39, 0.29) is 11.8 Å². The molecule has 4 aliphatic carbocycles. The van der Waals surface area contributed by atoms with Gasteiger partial charge in [0.2, 0.25) is 0 Å². The summed E-state index contributed by atoms with van der Waals surface area (Å²) in [6.45, 7) is 1.98. The molecule has 6 rings (SSSR count). The van der Waals surface area contributed by atoms with Crippen LogP contribution in [0, 0.1) is 23.7 Å². The van der Waals surface area contributed by atoms with Crippen molar-refractivity contribution in [2.45, 2.75) is 39.0 Å². The highest BCUT2D eigenvalue weighted by molar-refractivity contribution is 7.08. The predicted octanol–water partition coefficient (Wildman–Crippen LogP) is 3.93. The molecule has 0 spiro atoms.